The molecule has 18 heavy (non-hydrogen) atoms. The predicted octanol–water partition coefficient (Wildman–Crippen LogP) is 0.756. The van der Waals surface area contributed by atoms with Gasteiger partial charge in [0.1, 0.15) is 11.4 Å². The summed E-state index contributed by atoms with van der Waals surface area (Å²) < 4.78 is 5.10. The molecule has 0 saturated carbocycles. The van der Waals surface area contributed by atoms with Crippen molar-refractivity contribution in [3.05, 3.63) is 42.5 Å². The number of aromatic nitrogens is 2. The van der Waals surface area contributed by atoms with E-state index in [1.165, 1.54) is 0 Å². The monoisotopic (exact) mass is 244 g/mol. The molecule has 6 nitrogen and oxygen atoms in total. The molecule has 2 aromatic heterocycles. The molecule has 92 valence electrons. The molecule has 0 aliphatic heterocycles. The Kier molecular flexibility index (Phi) is 3.49. The van der Waals surface area contributed by atoms with Gasteiger partial charge in [-0.05, 0) is 23.8 Å². The summed E-state index contributed by atoms with van der Waals surface area (Å²) in [4.78, 5) is 19.4. The number of rotatable bonds is 3. The number of amides is 1. The molecule has 0 saturated heterocycles. The summed E-state index contributed by atoms with van der Waals surface area (Å²) in [6.07, 6.45) is 4.83. The van der Waals surface area contributed by atoms with Crippen LogP contribution in [0.25, 0.3) is 11.1 Å². The highest BCUT2D eigenvalue weighted by atomic mass is 16.5. The van der Waals surface area contributed by atoms with E-state index < -0.39 is 5.91 Å². The van der Waals surface area contributed by atoms with Gasteiger partial charge in [0.25, 0.3) is 5.91 Å². The first kappa shape index (κ1) is 12.0. The lowest BCUT2D eigenvalue weighted by Gasteiger charge is -2.05. The average molecular weight is 244 g/mol. The molecule has 0 atom stereocenters. The lowest BCUT2D eigenvalue weighted by atomic mass is 10.1. The molecule has 0 unspecified atom stereocenters. The van der Waals surface area contributed by atoms with Crippen molar-refractivity contribution >= 4 is 5.91 Å². The van der Waals surface area contributed by atoms with Gasteiger partial charge in [0.2, 0.25) is 0 Å². The minimum atomic E-state index is -0.437. The fraction of sp³-hybridized carbons (Fsp3) is 0.0833. The summed E-state index contributed by atoms with van der Waals surface area (Å²) in [7, 11) is 1.57. The molecule has 3 N–H and O–H groups in total. The third-order valence-electron chi connectivity index (χ3n) is 2.41. The van der Waals surface area contributed by atoms with Gasteiger partial charge in [-0.3, -0.25) is 20.2 Å². The van der Waals surface area contributed by atoms with E-state index in [9.17, 15) is 4.79 Å². The third kappa shape index (κ3) is 2.44. The summed E-state index contributed by atoms with van der Waals surface area (Å²) in [5.74, 6) is 5.28. The predicted molar refractivity (Wildman–Crippen MR) is 65.7 cm³/mol. The fourth-order valence-electron chi connectivity index (χ4n) is 1.50. The zero-order valence-corrected chi connectivity index (χ0v) is 9.75. The molecule has 0 aliphatic carbocycles. The Labute approximate surface area is 104 Å². The first-order valence-corrected chi connectivity index (χ1v) is 5.21. The van der Waals surface area contributed by atoms with Crippen molar-refractivity contribution in [1.82, 2.24) is 15.4 Å². The van der Waals surface area contributed by atoms with Crippen molar-refractivity contribution in [3.63, 3.8) is 0 Å². The van der Waals surface area contributed by atoms with Crippen molar-refractivity contribution in [2.75, 3.05) is 7.11 Å². The number of pyridine rings is 2. The normalized spacial score (nSPS) is 9.89. The second-order valence-corrected chi connectivity index (χ2v) is 3.52. The Balaban J connectivity index is 2.41. The molecule has 2 heterocycles. The first-order valence-electron chi connectivity index (χ1n) is 5.21. The minimum absolute atomic E-state index is 0.248. The van der Waals surface area contributed by atoms with Crippen LogP contribution in [0.5, 0.6) is 5.75 Å². The van der Waals surface area contributed by atoms with Crippen molar-refractivity contribution in [2.24, 2.45) is 5.84 Å². The van der Waals surface area contributed by atoms with Crippen LogP contribution in [0.15, 0.2) is 36.8 Å². The largest absolute Gasteiger partial charge is 0.495 e. The van der Waals surface area contributed by atoms with E-state index in [-0.39, 0.29) is 5.69 Å². The van der Waals surface area contributed by atoms with Crippen molar-refractivity contribution in [1.29, 1.82) is 0 Å². The summed E-state index contributed by atoms with van der Waals surface area (Å²) in [5, 5.41) is 0. The van der Waals surface area contributed by atoms with Gasteiger partial charge in [-0.25, -0.2) is 5.84 Å². The Morgan fingerprint density at radius 3 is 2.89 bits per heavy atom. The number of hydrogen-bond acceptors (Lipinski definition) is 5. The number of nitrogens with zero attached hydrogens (tertiary/aromatic N) is 2. The van der Waals surface area contributed by atoms with Crippen LogP contribution in [0.1, 0.15) is 10.5 Å². The number of methoxy groups -OCH3 is 1. The standard InChI is InChI=1S/C12H12N4O2/c1-18-10-4-9(6-14-7-10)8-2-3-15-11(5-8)12(17)16-13/h2-7H,13H2,1H3,(H,16,17). The van der Waals surface area contributed by atoms with E-state index in [0.29, 0.717) is 5.75 Å². The van der Waals surface area contributed by atoms with Crippen LogP contribution in [-0.2, 0) is 0 Å². The van der Waals surface area contributed by atoms with E-state index in [0.717, 1.165) is 11.1 Å². The molecule has 2 aromatic rings. The van der Waals surface area contributed by atoms with Gasteiger partial charge in [0.15, 0.2) is 0 Å². The van der Waals surface area contributed by atoms with Crippen LogP contribution in [0.4, 0.5) is 0 Å². The second-order valence-electron chi connectivity index (χ2n) is 3.52. The zero-order valence-electron chi connectivity index (χ0n) is 9.75. The Morgan fingerprint density at radius 1 is 1.33 bits per heavy atom. The van der Waals surface area contributed by atoms with E-state index in [1.807, 2.05) is 11.5 Å². The van der Waals surface area contributed by atoms with Crippen LogP contribution in [-0.4, -0.2) is 23.0 Å². The molecular weight excluding hydrogens is 232 g/mol. The highest BCUT2D eigenvalue weighted by Gasteiger charge is 2.07. The Hall–Kier alpha value is -2.47. The summed E-state index contributed by atoms with van der Waals surface area (Å²) >= 11 is 0. The van der Waals surface area contributed by atoms with Crippen molar-refractivity contribution in [2.45, 2.75) is 0 Å². The zero-order chi connectivity index (χ0) is 13.0. The van der Waals surface area contributed by atoms with Crippen molar-refractivity contribution < 1.29 is 9.53 Å². The Morgan fingerprint density at radius 2 is 2.17 bits per heavy atom. The molecule has 0 fully saturated rings. The number of carbonyl (C=O) groups excluding carboxylic acids is 1. The average Bonchev–Trinajstić information content (AvgIpc) is 2.46. The number of nitrogens with one attached hydrogen (secondary N) is 1. The highest BCUT2D eigenvalue weighted by molar-refractivity contribution is 5.92. The second kappa shape index (κ2) is 5.24. The van der Waals surface area contributed by atoms with Crippen LogP contribution < -0.4 is 16.0 Å². The number of nitrogen functional groups attached to an aromatic ring is 1. The van der Waals surface area contributed by atoms with Gasteiger partial charge in [0, 0.05) is 18.0 Å². The van der Waals surface area contributed by atoms with E-state index >= 15 is 0 Å². The lowest BCUT2D eigenvalue weighted by molar-refractivity contribution is 0.0948. The molecule has 0 bridgehead atoms. The summed E-state index contributed by atoms with van der Waals surface area (Å²) in [5.41, 5.74) is 3.94. The van der Waals surface area contributed by atoms with Crippen LogP contribution in [0, 0.1) is 0 Å². The SMILES string of the molecule is COc1cncc(-c2ccnc(C(=O)NN)c2)c1. The van der Waals surface area contributed by atoms with E-state index in [4.69, 9.17) is 10.6 Å². The third-order valence-corrected chi connectivity index (χ3v) is 2.41. The quantitative estimate of drug-likeness (QED) is 0.472. The van der Waals surface area contributed by atoms with Gasteiger partial charge in [0.05, 0.1) is 13.3 Å². The number of hydrogen-bond donors (Lipinski definition) is 2. The van der Waals surface area contributed by atoms with Gasteiger partial charge < -0.3 is 4.74 Å². The molecule has 0 radical (unpaired) electrons. The van der Waals surface area contributed by atoms with E-state index in [2.05, 4.69) is 9.97 Å². The molecule has 0 spiro atoms. The smallest absolute Gasteiger partial charge is 0.283 e. The van der Waals surface area contributed by atoms with E-state index in [1.54, 1.807) is 37.8 Å². The topological polar surface area (TPSA) is 90.1 Å². The van der Waals surface area contributed by atoms with Gasteiger partial charge in [-0.2, -0.15) is 0 Å². The number of carbonyl (C=O) groups is 1. The van der Waals surface area contributed by atoms with Gasteiger partial charge in [-0.1, -0.05) is 0 Å². The molecular formula is C12H12N4O2. The lowest BCUT2D eigenvalue weighted by Crippen LogP contribution is -2.30. The van der Waals surface area contributed by atoms with Crippen LogP contribution in [0.3, 0.4) is 0 Å². The first-order chi connectivity index (χ1) is 8.74. The van der Waals surface area contributed by atoms with Crippen molar-refractivity contribution in [3.8, 4) is 16.9 Å². The molecule has 0 aromatic carbocycles. The van der Waals surface area contributed by atoms with Crippen LogP contribution >= 0.6 is 0 Å². The minimum Gasteiger partial charge on any atom is -0.495 e. The van der Waals surface area contributed by atoms with Crippen LogP contribution in [0.2, 0.25) is 0 Å². The maximum atomic E-state index is 11.4. The van der Waals surface area contributed by atoms with Gasteiger partial charge >= 0.3 is 0 Å². The summed E-state index contributed by atoms with van der Waals surface area (Å²) in [6.45, 7) is 0. The molecule has 0 aliphatic rings. The maximum absolute atomic E-state index is 11.4. The number of nitrogens with two attached hydrogens (primary N) is 1. The number of ether oxygens (including phenoxy) is 1. The molecule has 1 amide bonds. The molecule has 6 heteroatoms. The summed E-state index contributed by atoms with van der Waals surface area (Å²) in [6, 6.07) is 5.24. The number of hydrazine groups is 1. The fourth-order valence-corrected chi connectivity index (χ4v) is 1.50. The highest BCUT2D eigenvalue weighted by Crippen LogP contribution is 2.22. The maximum Gasteiger partial charge on any atom is 0.283 e. The molecule has 2 rings (SSSR count). The van der Waals surface area contributed by atoms with Gasteiger partial charge in [-0.15, -0.1) is 0 Å². The Bertz CT molecular complexity index is 572.